The predicted octanol–water partition coefficient (Wildman–Crippen LogP) is 3.14. The smallest absolute Gasteiger partial charge is 0.306 e. The maximum atomic E-state index is 12.0. The molecule has 0 saturated heterocycles. The zero-order valence-corrected chi connectivity index (χ0v) is 15.8. The van der Waals surface area contributed by atoms with Gasteiger partial charge in [0, 0.05) is 36.2 Å². The molecular weight excluding hydrogens is 380 g/mol. The van der Waals surface area contributed by atoms with E-state index in [0.29, 0.717) is 17.0 Å². The van der Waals surface area contributed by atoms with Crippen molar-refractivity contribution in [2.45, 2.75) is 19.3 Å². The van der Waals surface area contributed by atoms with Crippen LogP contribution in [0.3, 0.4) is 0 Å². The van der Waals surface area contributed by atoms with Gasteiger partial charge in [0.25, 0.3) is 5.69 Å². The number of rotatable bonds is 10. The number of Topliss-reactive ketones (excluding diaryl/α,β-unsaturated/α-hetero) is 1. The monoisotopic (exact) mass is 400 g/mol. The van der Waals surface area contributed by atoms with E-state index >= 15 is 0 Å². The number of carbonyl (C=O) groups excluding carboxylic acids is 3. The molecule has 0 aliphatic heterocycles. The fraction of sp³-hybridized carbons (Fsp3) is 0.250. The molecule has 0 heterocycles. The molecule has 0 saturated carbocycles. The number of methoxy groups -OCH3 is 1. The Kier molecular flexibility index (Phi) is 7.84. The Hall–Kier alpha value is -3.75. The topological polar surface area (TPSA) is 125 Å². The highest BCUT2D eigenvalue weighted by molar-refractivity contribution is 5.98. The molecule has 29 heavy (non-hydrogen) atoms. The van der Waals surface area contributed by atoms with Crippen molar-refractivity contribution in [1.29, 1.82) is 0 Å². The Balaban J connectivity index is 1.68. The van der Waals surface area contributed by atoms with Gasteiger partial charge in [0.2, 0.25) is 5.91 Å². The van der Waals surface area contributed by atoms with Crippen LogP contribution < -0.4 is 10.1 Å². The lowest BCUT2D eigenvalue weighted by molar-refractivity contribution is -0.384. The zero-order chi connectivity index (χ0) is 21.2. The summed E-state index contributed by atoms with van der Waals surface area (Å²) in [4.78, 5) is 45.7. The Labute approximate surface area is 166 Å². The van der Waals surface area contributed by atoms with Gasteiger partial charge in [0.1, 0.15) is 5.75 Å². The molecule has 2 rings (SSSR count). The van der Waals surface area contributed by atoms with Gasteiger partial charge in [0.05, 0.1) is 12.0 Å². The summed E-state index contributed by atoms with van der Waals surface area (Å²) >= 11 is 0. The summed E-state index contributed by atoms with van der Waals surface area (Å²) in [6.45, 7) is -0.388. The second-order valence-electron chi connectivity index (χ2n) is 6.02. The molecule has 1 N–H and O–H groups in total. The lowest BCUT2D eigenvalue weighted by Gasteiger charge is -2.06. The molecule has 0 atom stereocenters. The molecule has 2 aromatic rings. The van der Waals surface area contributed by atoms with Crippen molar-refractivity contribution in [3.8, 4) is 5.75 Å². The van der Waals surface area contributed by atoms with Gasteiger partial charge in [0.15, 0.2) is 12.4 Å². The number of non-ortho nitro benzene ring substituents is 1. The fourth-order valence-corrected chi connectivity index (χ4v) is 2.38. The van der Waals surface area contributed by atoms with Crippen LogP contribution in [0.15, 0.2) is 48.5 Å². The van der Waals surface area contributed by atoms with E-state index in [1.807, 2.05) is 0 Å². The SMILES string of the molecule is COc1cccc(C(=O)COC(=O)CCCC(=O)Nc2ccc([N+](=O)[O-])cc2)c1. The molecule has 152 valence electrons. The van der Waals surface area contributed by atoms with Crippen molar-refractivity contribution in [2.75, 3.05) is 19.0 Å². The summed E-state index contributed by atoms with van der Waals surface area (Å²) in [5.74, 6) is -0.738. The highest BCUT2D eigenvalue weighted by Crippen LogP contribution is 2.16. The second-order valence-corrected chi connectivity index (χ2v) is 6.02. The van der Waals surface area contributed by atoms with Crippen molar-refractivity contribution < 1.29 is 28.8 Å². The molecule has 0 aliphatic carbocycles. The van der Waals surface area contributed by atoms with Crippen molar-refractivity contribution in [2.24, 2.45) is 0 Å². The highest BCUT2D eigenvalue weighted by Gasteiger charge is 2.12. The first-order valence-corrected chi connectivity index (χ1v) is 8.76. The molecule has 0 bridgehead atoms. The van der Waals surface area contributed by atoms with Crippen molar-refractivity contribution in [3.05, 3.63) is 64.2 Å². The first kappa shape index (κ1) is 21.5. The van der Waals surface area contributed by atoms with E-state index in [4.69, 9.17) is 9.47 Å². The number of nitro groups is 1. The quantitative estimate of drug-likeness (QED) is 0.281. The number of nitrogens with one attached hydrogen (secondary N) is 1. The molecule has 0 aromatic heterocycles. The number of hydrogen-bond acceptors (Lipinski definition) is 7. The van der Waals surface area contributed by atoms with Crippen LogP contribution >= 0.6 is 0 Å². The van der Waals surface area contributed by atoms with Gasteiger partial charge in [-0.15, -0.1) is 0 Å². The molecule has 9 heteroatoms. The molecular formula is C20H20N2O7. The average Bonchev–Trinajstić information content (AvgIpc) is 2.72. The van der Waals surface area contributed by atoms with E-state index in [1.165, 1.54) is 31.4 Å². The maximum Gasteiger partial charge on any atom is 0.306 e. The molecule has 2 aromatic carbocycles. The summed E-state index contributed by atoms with van der Waals surface area (Å²) in [6, 6.07) is 11.9. The second kappa shape index (κ2) is 10.5. The predicted molar refractivity (Wildman–Crippen MR) is 104 cm³/mol. The lowest BCUT2D eigenvalue weighted by atomic mass is 10.1. The Bertz CT molecular complexity index is 894. The van der Waals surface area contributed by atoms with E-state index in [1.54, 1.807) is 24.3 Å². The Morgan fingerprint density at radius 2 is 1.79 bits per heavy atom. The highest BCUT2D eigenvalue weighted by atomic mass is 16.6. The number of esters is 1. The normalized spacial score (nSPS) is 10.1. The minimum Gasteiger partial charge on any atom is -0.497 e. The van der Waals surface area contributed by atoms with Gasteiger partial charge in [-0.1, -0.05) is 12.1 Å². The number of anilines is 1. The van der Waals surface area contributed by atoms with Crippen molar-refractivity contribution in [1.82, 2.24) is 0 Å². The standard InChI is InChI=1S/C20H20N2O7/c1-28-17-5-2-4-14(12-17)18(23)13-29-20(25)7-3-6-19(24)21-15-8-10-16(11-9-15)22(26)27/h2,4-5,8-12H,3,6-7,13H2,1H3,(H,21,24). The van der Waals surface area contributed by atoms with E-state index in [0.717, 1.165) is 0 Å². The first-order chi connectivity index (χ1) is 13.9. The third-order valence-electron chi connectivity index (χ3n) is 3.90. The summed E-state index contributed by atoms with van der Waals surface area (Å²) in [7, 11) is 1.49. The zero-order valence-electron chi connectivity index (χ0n) is 15.8. The number of nitrogens with zero attached hydrogens (tertiary/aromatic N) is 1. The number of carbonyl (C=O) groups is 3. The van der Waals surface area contributed by atoms with Gasteiger partial charge in [-0.3, -0.25) is 24.5 Å². The lowest BCUT2D eigenvalue weighted by Crippen LogP contribution is -2.15. The van der Waals surface area contributed by atoms with Crippen LogP contribution in [0.1, 0.15) is 29.6 Å². The first-order valence-electron chi connectivity index (χ1n) is 8.76. The fourth-order valence-electron chi connectivity index (χ4n) is 2.38. The molecule has 0 aliphatic rings. The van der Waals surface area contributed by atoms with Gasteiger partial charge in [-0.2, -0.15) is 0 Å². The Morgan fingerprint density at radius 1 is 1.07 bits per heavy atom. The summed E-state index contributed by atoms with van der Waals surface area (Å²) in [5.41, 5.74) is 0.723. The molecule has 9 nitrogen and oxygen atoms in total. The minimum absolute atomic E-state index is 0.0148. The largest absolute Gasteiger partial charge is 0.497 e. The Morgan fingerprint density at radius 3 is 2.45 bits per heavy atom. The van der Waals surface area contributed by atoms with Crippen LogP contribution in [0.25, 0.3) is 0 Å². The average molecular weight is 400 g/mol. The maximum absolute atomic E-state index is 12.0. The molecule has 0 spiro atoms. The number of nitro benzene ring substituents is 1. The number of ether oxygens (including phenoxy) is 2. The number of hydrogen-bond donors (Lipinski definition) is 1. The van der Waals surface area contributed by atoms with E-state index in [2.05, 4.69) is 5.32 Å². The minimum atomic E-state index is -0.579. The van der Waals surface area contributed by atoms with Crippen LogP contribution in [-0.2, 0) is 14.3 Å². The molecule has 1 amide bonds. The third-order valence-corrected chi connectivity index (χ3v) is 3.90. The van der Waals surface area contributed by atoms with Crippen molar-refractivity contribution >= 4 is 29.0 Å². The van der Waals surface area contributed by atoms with Gasteiger partial charge in [-0.05, 0) is 30.7 Å². The molecule has 0 unspecified atom stereocenters. The van der Waals surface area contributed by atoms with Crippen LogP contribution in [0, 0.1) is 10.1 Å². The number of benzene rings is 2. The van der Waals surface area contributed by atoms with Gasteiger partial charge in [-0.25, -0.2) is 0 Å². The van der Waals surface area contributed by atoms with E-state index in [-0.39, 0.29) is 43.2 Å². The summed E-state index contributed by atoms with van der Waals surface area (Å²) in [5, 5.41) is 13.2. The van der Waals surface area contributed by atoms with Crippen LogP contribution in [0.2, 0.25) is 0 Å². The van der Waals surface area contributed by atoms with E-state index < -0.39 is 10.9 Å². The van der Waals surface area contributed by atoms with Crippen LogP contribution in [-0.4, -0.2) is 36.3 Å². The molecule has 0 fully saturated rings. The summed E-state index contributed by atoms with van der Waals surface area (Å²) < 4.78 is 9.98. The molecule has 0 radical (unpaired) electrons. The van der Waals surface area contributed by atoms with Crippen LogP contribution in [0.5, 0.6) is 5.75 Å². The third kappa shape index (κ3) is 7.06. The van der Waals surface area contributed by atoms with Crippen molar-refractivity contribution in [3.63, 3.8) is 0 Å². The van der Waals surface area contributed by atoms with Gasteiger partial charge < -0.3 is 14.8 Å². The van der Waals surface area contributed by atoms with Crippen LogP contribution in [0.4, 0.5) is 11.4 Å². The number of ketones is 1. The number of amides is 1. The summed E-state index contributed by atoms with van der Waals surface area (Å²) in [6.07, 6.45) is 0.292. The van der Waals surface area contributed by atoms with Gasteiger partial charge >= 0.3 is 5.97 Å². The van der Waals surface area contributed by atoms with E-state index in [9.17, 15) is 24.5 Å².